The molecular formula is C15H14BN3O2. The van der Waals surface area contributed by atoms with E-state index in [0.717, 1.165) is 18.4 Å². The van der Waals surface area contributed by atoms with E-state index in [1.165, 1.54) is 6.33 Å². The highest BCUT2D eigenvalue weighted by Crippen LogP contribution is 2.30. The number of nitrogens with one attached hydrogen (secondary N) is 1. The number of amides is 1. The van der Waals surface area contributed by atoms with Gasteiger partial charge >= 0.3 is 0 Å². The molecule has 0 aliphatic heterocycles. The minimum absolute atomic E-state index is 0.000509. The van der Waals surface area contributed by atoms with E-state index in [2.05, 4.69) is 15.3 Å². The van der Waals surface area contributed by atoms with Gasteiger partial charge in [-0.2, -0.15) is 0 Å². The van der Waals surface area contributed by atoms with Gasteiger partial charge in [-0.25, -0.2) is 9.97 Å². The molecule has 2 aromatic rings. The van der Waals surface area contributed by atoms with Gasteiger partial charge in [-0.1, -0.05) is 11.5 Å². The van der Waals surface area contributed by atoms with Gasteiger partial charge < -0.3 is 10.1 Å². The summed E-state index contributed by atoms with van der Waals surface area (Å²) in [6.07, 6.45) is 3.25. The van der Waals surface area contributed by atoms with Crippen LogP contribution in [-0.4, -0.2) is 23.7 Å². The molecule has 1 aromatic carbocycles. The van der Waals surface area contributed by atoms with Crippen molar-refractivity contribution in [2.75, 3.05) is 5.32 Å². The Morgan fingerprint density at radius 3 is 2.81 bits per heavy atom. The molecule has 3 rings (SSSR count). The predicted molar refractivity (Wildman–Crippen MR) is 80.0 cm³/mol. The van der Waals surface area contributed by atoms with Crippen molar-refractivity contribution in [3.05, 3.63) is 36.2 Å². The van der Waals surface area contributed by atoms with E-state index < -0.39 is 0 Å². The number of anilines is 1. The molecule has 1 amide bonds. The van der Waals surface area contributed by atoms with Crippen LogP contribution in [0.5, 0.6) is 11.6 Å². The summed E-state index contributed by atoms with van der Waals surface area (Å²) in [5.41, 5.74) is 1.63. The lowest BCUT2D eigenvalue weighted by Crippen LogP contribution is -2.14. The Morgan fingerprint density at radius 1 is 1.29 bits per heavy atom. The molecule has 0 saturated heterocycles. The van der Waals surface area contributed by atoms with Gasteiger partial charge in [-0.3, -0.25) is 4.79 Å². The highest BCUT2D eigenvalue weighted by atomic mass is 16.5. The first-order chi connectivity index (χ1) is 10.1. The number of rotatable bonds is 4. The molecule has 1 N–H and O–H groups in total. The Labute approximate surface area is 124 Å². The summed E-state index contributed by atoms with van der Waals surface area (Å²) >= 11 is 0. The minimum atomic E-state index is -0.000509. The molecule has 6 heteroatoms. The van der Waals surface area contributed by atoms with Crippen LogP contribution in [0.25, 0.3) is 0 Å². The zero-order valence-electron chi connectivity index (χ0n) is 11.7. The van der Waals surface area contributed by atoms with Crippen molar-refractivity contribution in [3.8, 4) is 11.6 Å². The van der Waals surface area contributed by atoms with Crippen LogP contribution < -0.4 is 15.5 Å². The van der Waals surface area contributed by atoms with E-state index in [1.807, 2.05) is 19.1 Å². The standard InChI is InChI=1S/C15H14BN3O2/c1-9-4-11(16)6-12(5-9)21-14-7-13(17-8-18-14)19-15(20)10-2-3-10/h4-8,10H,2-3H2,1H3,(H,17,18,19,20). The summed E-state index contributed by atoms with van der Waals surface area (Å²) < 4.78 is 5.66. The van der Waals surface area contributed by atoms with Crippen LogP contribution in [0.15, 0.2) is 30.6 Å². The first-order valence-corrected chi connectivity index (χ1v) is 6.78. The molecule has 1 aromatic heterocycles. The number of ether oxygens (including phenoxy) is 1. The van der Waals surface area contributed by atoms with E-state index >= 15 is 0 Å². The minimum Gasteiger partial charge on any atom is -0.439 e. The number of aromatic nitrogens is 2. The Balaban J connectivity index is 1.74. The second kappa shape index (κ2) is 5.56. The molecular weight excluding hydrogens is 265 g/mol. The summed E-state index contributed by atoms with van der Waals surface area (Å²) in [6.45, 7) is 1.94. The maximum Gasteiger partial charge on any atom is 0.228 e. The summed E-state index contributed by atoms with van der Waals surface area (Å²) in [6, 6.07) is 7.03. The van der Waals surface area contributed by atoms with Crippen LogP contribution in [0.1, 0.15) is 18.4 Å². The van der Waals surface area contributed by atoms with Crippen LogP contribution in [0, 0.1) is 12.8 Å². The maximum absolute atomic E-state index is 11.7. The van der Waals surface area contributed by atoms with Crippen molar-refractivity contribution in [1.29, 1.82) is 0 Å². The Bertz CT molecular complexity index is 666. The number of carbonyl (C=O) groups excluding carboxylic acids is 1. The van der Waals surface area contributed by atoms with Crippen LogP contribution >= 0.6 is 0 Å². The van der Waals surface area contributed by atoms with Crippen molar-refractivity contribution in [2.45, 2.75) is 19.8 Å². The highest BCUT2D eigenvalue weighted by molar-refractivity contribution is 6.32. The monoisotopic (exact) mass is 279 g/mol. The number of nitrogens with zero attached hydrogens (tertiary/aromatic N) is 2. The van der Waals surface area contributed by atoms with Crippen LogP contribution in [0.2, 0.25) is 0 Å². The molecule has 104 valence electrons. The van der Waals surface area contributed by atoms with E-state index in [4.69, 9.17) is 12.6 Å². The lowest BCUT2D eigenvalue weighted by molar-refractivity contribution is -0.117. The van der Waals surface area contributed by atoms with Gasteiger partial charge in [0.1, 0.15) is 25.7 Å². The van der Waals surface area contributed by atoms with Crippen molar-refractivity contribution < 1.29 is 9.53 Å². The van der Waals surface area contributed by atoms with Crippen LogP contribution in [0.4, 0.5) is 5.82 Å². The largest absolute Gasteiger partial charge is 0.439 e. The smallest absolute Gasteiger partial charge is 0.228 e. The molecule has 1 aliphatic rings. The van der Waals surface area contributed by atoms with Gasteiger partial charge in [0, 0.05) is 12.0 Å². The summed E-state index contributed by atoms with van der Waals surface area (Å²) in [4.78, 5) is 19.8. The van der Waals surface area contributed by atoms with Gasteiger partial charge in [-0.15, -0.1) is 0 Å². The number of hydrogen-bond donors (Lipinski definition) is 1. The second-order valence-corrected chi connectivity index (χ2v) is 5.19. The van der Waals surface area contributed by atoms with E-state index in [-0.39, 0.29) is 11.8 Å². The number of aryl methyl sites for hydroxylation is 1. The summed E-state index contributed by atoms with van der Waals surface area (Å²) in [7, 11) is 5.78. The molecule has 21 heavy (non-hydrogen) atoms. The molecule has 0 atom stereocenters. The van der Waals surface area contributed by atoms with Gasteiger partial charge in [0.05, 0.1) is 0 Å². The average molecular weight is 279 g/mol. The van der Waals surface area contributed by atoms with Crippen molar-refractivity contribution in [2.24, 2.45) is 5.92 Å². The number of carbonyl (C=O) groups is 1. The highest BCUT2D eigenvalue weighted by Gasteiger charge is 2.29. The van der Waals surface area contributed by atoms with Crippen molar-refractivity contribution in [3.63, 3.8) is 0 Å². The molecule has 1 heterocycles. The van der Waals surface area contributed by atoms with E-state index in [0.29, 0.717) is 22.9 Å². The van der Waals surface area contributed by atoms with Gasteiger partial charge in [0.15, 0.2) is 0 Å². The number of benzene rings is 1. The first-order valence-electron chi connectivity index (χ1n) is 6.78. The lowest BCUT2D eigenvalue weighted by atomic mass is 9.94. The first kappa shape index (κ1) is 13.6. The lowest BCUT2D eigenvalue weighted by Gasteiger charge is -2.08. The van der Waals surface area contributed by atoms with Crippen LogP contribution in [0.3, 0.4) is 0 Å². The SMILES string of the molecule is [B]c1cc(C)cc(Oc2cc(NC(=O)C3CC3)ncn2)c1. The Hall–Kier alpha value is -2.37. The predicted octanol–water partition coefficient (Wildman–Crippen LogP) is 1.72. The van der Waals surface area contributed by atoms with Gasteiger partial charge in [-0.05, 0) is 37.5 Å². The molecule has 1 aliphatic carbocycles. The van der Waals surface area contributed by atoms with Gasteiger partial charge in [0.25, 0.3) is 0 Å². The third kappa shape index (κ3) is 3.59. The normalized spacial score (nSPS) is 13.8. The van der Waals surface area contributed by atoms with Crippen LogP contribution in [-0.2, 0) is 4.79 Å². The average Bonchev–Trinajstić information content (AvgIpc) is 3.21. The second-order valence-electron chi connectivity index (χ2n) is 5.19. The topological polar surface area (TPSA) is 64.1 Å². The molecule has 0 spiro atoms. The Morgan fingerprint density at radius 2 is 2.10 bits per heavy atom. The molecule has 0 unspecified atom stereocenters. The molecule has 1 saturated carbocycles. The third-order valence-corrected chi connectivity index (χ3v) is 3.14. The summed E-state index contributed by atoms with van der Waals surface area (Å²) in [5, 5.41) is 2.76. The Kier molecular flexibility index (Phi) is 3.60. The maximum atomic E-state index is 11.7. The van der Waals surface area contributed by atoms with E-state index in [1.54, 1.807) is 12.1 Å². The van der Waals surface area contributed by atoms with E-state index in [9.17, 15) is 4.79 Å². The fourth-order valence-corrected chi connectivity index (χ4v) is 1.99. The summed E-state index contributed by atoms with van der Waals surface area (Å²) in [5.74, 6) is 1.53. The zero-order chi connectivity index (χ0) is 14.8. The molecule has 5 nitrogen and oxygen atoms in total. The molecule has 2 radical (unpaired) electrons. The van der Waals surface area contributed by atoms with Crippen molar-refractivity contribution in [1.82, 2.24) is 9.97 Å². The molecule has 1 fully saturated rings. The fraction of sp³-hybridized carbons (Fsp3) is 0.267. The number of hydrogen-bond acceptors (Lipinski definition) is 4. The van der Waals surface area contributed by atoms with Gasteiger partial charge in [0.2, 0.25) is 11.8 Å². The third-order valence-electron chi connectivity index (χ3n) is 3.14. The zero-order valence-corrected chi connectivity index (χ0v) is 11.7. The fourth-order valence-electron chi connectivity index (χ4n) is 1.99. The van der Waals surface area contributed by atoms with Crippen molar-refractivity contribution >= 4 is 25.0 Å². The quantitative estimate of drug-likeness (QED) is 0.865. The molecule has 0 bridgehead atoms.